The summed E-state index contributed by atoms with van der Waals surface area (Å²) in [6.07, 6.45) is 3.94. The van der Waals surface area contributed by atoms with Crippen molar-refractivity contribution in [1.29, 1.82) is 0 Å². The maximum Gasteiger partial charge on any atom is 0.229 e. The van der Waals surface area contributed by atoms with E-state index in [1.165, 1.54) is 19.4 Å². The molecule has 2 N–H and O–H groups in total. The van der Waals surface area contributed by atoms with Crippen molar-refractivity contribution >= 4 is 43.1 Å². The second-order valence-corrected chi connectivity index (χ2v) is 7.80. The first-order valence-electron chi connectivity index (χ1n) is 7.17. The number of ether oxygens (including phenoxy) is 1. The van der Waals surface area contributed by atoms with Gasteiger partial charge in [-0.1, -0.05) is 15.9 Å². The molecule has 0 amide bonds. The van der Waals surface area contributed by atoms with Gasteiger partial charge in [-0.3, -0.25) is 9.52 Å². The van der Waals surface area contributed by atoms with E-state index in [1.54, 1.807) is 42.5 Å². The second-order valence-electron chi connectivity index (χ2n) is 5.14. The second kappa shape index (κ2) is 8.17. The molecule has 0 unspecified atom stereocenters. The van der Waals surface area contributed by atoms with Gasteiger partial charge in [0, 0.05) is 22.3 Å². The molecule has 0 spiro atoms. The van der Waals surface area contributed by atoms with Crippen LogP contribution < -0.4 is 14.8 Å². The average Bonchev–Trinajstić information content (AvgIpc) is 2.54. The molecule has 0 aliphatic heterocycles. The van der Waals surface area contributed by atoms with E-state index in [1.807, 2.05) is 0 Å². The van der Waals surface area contributed by atoms with E-state index in [0.717, 1.165) is 10.7 Å². The number of carbonyl (C=O) groups is 1. The third kappa shape index (κ3) is 5.91. The number of anilines is 2. The lowest BCUT2D eigenvalue weighted by Gasteiger charge is -2.11. The van der Waals surface area contributed by atoms with Gasteiger partial charge in [-0.25, -0.2) is 8.42 Å². The van der Waals surface area contributed by atoms with Crippen LogP contribution in [0.25, 0.3) is 0 Å². The predicted molar refractivity (Wildman–Crippen MR) is 103 cm³/mol. The number of benzene rings is 2. The Morgan fingerprint density at radius 3 is 2.44 bits per heavy atom. The molecule has 6 nitrogen and oxygen atoms in total. The third-order valence-corrected chi connectivity index (χ3v) is 4.24. The Morgan fingerprint density at radius 2 is 1.84 bits per heavy atom. The first-order chi connectivity index (χ1) is 11.8. The molecule has 8 heteroatoms. The fourth-order valence-electron chi connectivity index (χ4n) is 2.02. The van der Waals surface area contributed by atoms with Crippen LogP contribution in [0.4, 0.5) is 11.4 Å². The van der Waals surface area contributed by atoms with Crippen molar-refractivity contribution in [2.45, 2.75) is 0 Å². The largest absolute Gasteiger partial charge is 0.495 e. The Kier molecular flexibility index (Phi) is 6.22. The SMILES string of the molecule is COc1ccc(NS(C)(=O)=O)cc1N/C=C/C(=O)c1ccc(Br)cc1. The lowest BCUT2D eigenvalue weighted by molar-refractivity contribution is 0.104. The molecule has 0 radical (unpaired) electrons. The molecule has 132 valence electrons. The van der Waals surface area contributed by atoms with Crippen molar-refractivity contribution in [2.75, 3.05) is 23.4 Å². The Balaban J connectivity index is 2.14. The molecule has 0 aliphatic carbocycles. The van der Waals surface area contributed by atoms with Gasteiger partial charge < -0.3 is 10.1 Å². The van der Waals surface area contributed by atoms with Crippen LogP contribution in [0.2, 0.25) is 0 Å². The summed E-state index contributed by atoms with van der Waals surface area (Å²) in [5.74, 6) is 0.351. The zero-order valence-corrected chi connectivity index (χ0v) is 16.0. The molecule has 0 aromatic heterocycles. The van der Waals surface area contributed by atoms with E-state index < -0.39 is 10.0 Å². The molecule has 2 aromatic carbocycles. The number of hydrogen-bond acceptors (Lipinski definition) is 5. The van der Waals surface area contributed by atoms with Crippen molar-refractivity contribution in [1.82, 2.24) is 0 Å². The first-order valence-corrected chi connectivity index (χ1v) is 9.86. The molecule has 0 fully saturated rings. The maximum absolute atomic E-state index is 12.1. The van der Waals surface area contributed by atoms with Gasteiger partial charge in [0.1, 0.15) is 5.75 Å². The van der Waals surface area contributed by atoms with Crippen molar-refractivity contribution in [3.63, 3.8) is 0 Å². The van der Waals surface area contributed by atoms with E-state index in [-0.39, 0.29) is 5.78 Å². The molecule has 2 aromatic rings. The maximum atomic E-state index is 12.1. The molecule has 2 rings (SSSR count). The zero-order valence-electron chi connectivity index (χ0n) is 13.6. The molecule has 0 aliphatic rings. The van der Waals surface area contributed by atoms with Crippen LogP contribution in [0.3, 0.4) is 0 Å². The molecule has 0 bridgehead atoms. The van der Waals surface area contributed by atoms with E-state index in [2.05, 4.69) is 26.0 Å². The van der Waals surface area contributed by atoms with E-state index in [9.17, 15) is 13.2 Å². The number of allylic oxidation sites excluding steroid dienone is 1. The number of rotatable bonds is 7. The van der Waals surface area contributed by atoms with Crippen LogP contribution >= 0.6 is 15.9 Å². The average molecular weight is 425 g/mol. The Hall–Kier alpha value is -2.32. The summed E-state index contributed by atoms with van der Waals surface area (Å²) in [6, 6.07) is 11.8. The van der Waals surface area contributed by atoms with Gasteiger partial charge >= 0.3 is 0 Å². The minimum atomic E-state index is -3.38. The number of carbonyl (C=O) groups excluding carboxylic acids is 1. The van der Waals surface area contributed by atoms with E-state index >= 15 is 0 Å². The lowest BCUT2D eigenvalue weighted by atomic mass is 10.1. The monoisotopic (exact) mass is 424 g/mol. The predicted octanol–water partition coefficient (Wildman–Crippen LogP) is 3.64. The van der Waals surface area contributed by atoms with Gasteiger partial charge in [0.25, 0.3) is 0 Å². The topological polar surface area (TPSA) is 84.5 Å². The number of methoxy groups -OCH3 is 1. The first kappa shape index (κ1) is 19.0. The number of sulfonamides is 1. The normalized spacial score (nSPS) is 11.3. The van der Waals surface area contributed by atoms with Gasteiger partial charge in [-0.15, -0.1) is 0 Å². The van der Waals surface area contributed by atoms with Crippen LogP contribution in [0.5, 0.6) is 5.75 Å². The van der Waals surface area contributed by atoms with Gasteiger partial charge in [0.15, 0.2) is 5.78 Å². The highest BCUT2D eigenvalue weighted by molar-refractivity contribution is 9.10. The number of ketones is 1. The summed E-state index contributed by atoms with van der Waals surface area (Å²) >= 11 is 3.32. The van der Waals surface area contributed by atoms with Crippen LogP contribution in [0.1, 0.15) is 10.4 Å². The molecule has 0 saturated carbocycles. The van der Waals surface area contributed by atoms with E-state index in [0.29, 0.717) is 22.7 Å². The molecular formula is C17H17BrN2O4S. The highest BCUT2D eigenvalue weighted by Gasteiger charge is 2.07. The highest BCUT2D eigenvalue weighted by atomic mass is 79.9. The standard InChI is InChI=1S/C17H17BrN2O4S/c1-24-17-8-7-14(20-25(2,22)23)11-15(17)19-10-9-16(21)12-3-5-13(18)6-4-12/h3-11,19-20H,1-2H3/b10-9+. The van der Waals surface area contributed by atoms with Crippen LogP contribution in [-0.2, 0) is 10.0 Å². The summed E-state index contributed by atoms with van der Waals surface area (Å²) in [4.78, 5) is 12.1. The van der Waals surface area contributed by atoms with Crippen molar-refractivity contribution < 1.29 is 17.9 Å². The molecule has 0 saturated heterocycles. The van der Waals surface area contributed by atoms with E-state index in [4.69, 9.17) is 4.74 Å². The van der Waals surface area contributed by atoms with Crippen molar-refractivity contribution in [2.24, 2.45) is 0 Å². The number of nitrogens with one attached hydrogen (secondary N) is 2. The van der Waals surface area contributed by atoms with Crippen molar-refractivity contribution in [3.05, 3.63) is 64.8 Å². The van der Waals surface area contributed by atoms with Crippen LogP contribution in [-0.4, -0.2) is 27.6 Å². The van der Waals surface area contributed by atoms with Crippen molar-refractivity contribution in [3.8, 4) is 5.75 Å². The summed E-state index contributed by atoms with van der Waals surface area (Å²) < 4.78 is 31.2. The Bertz CT molecular complexity index is 893. The summed E-state index contributed by atoms with van der Waals surface area (Å²) in [5.41, 5.74) is 1.47. The minimum absolute atomic E-state index is 0.163. The highest BCUT2D eigenvalue weighted by Crippen LogP contribution is 2.28. The van der Waals surface area contributed by atoms with Gasteiger partial charge in [0.05, 0.1) is 24.7 Å². The smallest absolute Gasteiger partial charge is 0.229 e. The molecular weight excluding hydrogens is 408 g/mol. The van der Waals surface area contributed by atoms with Gasteiger partial charge in [0.2, 0.25) is 10.0 Å². The van der Waals surface area contributed by atoms with Gasteiger partial charge in [-0.2, -0.15) is 0 Å². The minimum Gasteiger partial charge on any atom is -0.495 e. The quantitative estimate of drug-likeness (QED) is 0.523. The van der Waals surface area contributed by atoms with Crippen LogP contribution in [0, 0.1) is 0 Å². The fourth-order valence-corrected chi connectivity index (χ4v) is 2.84. The third-order valence-electron chi connectivity index (χ3n) is 3.11. The zero-order chi connectivity index (χ0) is 18.4. The Morgan fingerprint density at radius 1 is 1.16 bits per heavy atom. The Labute approximate surface area is 155 Å². The van der Waals surface area contributed by atoms with Gasteiger partial charge in [-0.05, 0) is 42.5 Å². The number of halogens is 1. The molecule has 0 atom stereocenters. The fraction of sp³-hybridized carbons (Fsp3) is 0.118. The number of hydrogen-bond donors (Lipinski definition) is 2. The summed E-state index contributed by atoms with van der Waals surface area (Å²) in [6.45, 7) is 0. The lowest BCUT2D eigenvalue weighted by Crippen LogP contribution is -2.09. The molecule has 0 heterocycles. The summed E-state index contributed by atoms with van der Waals surface area (Å²) in [7, 11) is -1.88. The van der Waals surface area contributed by atoms with Crippen LogP contribution in [0.15, 0.2) is 59.2 Å². The summed E-state index contributed by atoms with van der Waals surface area (Å²) in [5, 5.41) is 2.93. The molecule has 25 heavy (non-hydrogen) atoms.